The first kappa shape index (κ1) is 13.1. The van der Waals surface area contributed by atoms with Gasteiger partial charge in [0, 0.05) is 25.0 Å². The van der Waals surface area contributed by atoms with Crippen LogP contribution < -0.4 is 5.73 Å². The van der Waals surface area contributed by atoms with Crippen molar-refractivity contribution >= 4 is 0 Å². The van der Waals surface area contributed by atoms with Gasteiger partial charge in [0.05, 0.1) is 5.60 Å². The maximum Gasteiger partial charge on any atom is 0.0685 e. The SMILES string of the molecule is NC(c1cccnc1)C1CCOC2(CCCCC2)C1. The molecule has 0 aromatic carbocycles. The molecule has 1 aromatic heterocycles. The quantitative estimate of drug-likeness (QED) is 0.888. The van der Waals surface area contributed by atoms with Crippen molar-refractivity contribution < 1.29 is 4.74 Å². The Labute approximate surface area is 115 Å². The summed E-state index contributed by atoms with van der Waals surface area (Å²) in [6, 6.07) is 4.18. The number of hydrogen-bond donors (Lipinski definition) is 1. The van der Waals surface area contributed by atoms with E-state index in [-0.39, 0.29) is 11.6 Å². The molecular formula is C16H24N2O. The monoisotopic (exact) mass is 260 g/mol. The zero-order valence-electron chi connectivity index (χ0n) is 11.6. The Hall–Kier alpha value is -0.930. The number of ether oxygens (including phenoxy) is 1. The third kappa shape index (κ3) is 2.82. The van der Waals surface area contributed by atoms with E-state index in [4.69, 9.17) is 10.5 Å². The van der Waals surface area contributed by atoms with E-state index in [2.05, 4.69) is 11.1 Å². The van der Waals surface area contributed by atoms with Crippen molar-refractivity contribution in [2.24, 2.45) is 11.7 Å². The smallest absolute Gasteiger partial charge is 0.0685 e. The molecule has 2 fully saturated rings. The molecule has 2 heterocycles. The Bertz CT molecular complexity index is 395. The third-order valence-electron chi connectivity index (χ3n) is 4.87. The number of nitrogens with two attached hydrogens (primary N) is 1. The minimum atomic E-state index is 0.108. The van der Waals surface area contributed by atoms with Crippen LogP contribution in [0.25, 0.3) is 0 Å². The molecule has 3 heteroatoms. The molecule has 1 aromatic rings. The van der Waals surface area contributed by atoms with Gasteiger partial charge in [-0.05, 0) is 43.2 Å². The molecule has 0 amide bonds. The van der Waals surface area contributed by atoms with Crippen LogP contribution in [-0.2, 0) is 4.74 Å². The lowest BCUT2D eigenvalue weighted by Gasteiger charge is -2.45. The minimum absolute atomic E-state index is 0.108. The number of hydrogen-bond acceptors (Lipinski definition) is 3. The molecule has 2 atom stereocenters. The summed E-state index contributed by atoms with van der Waals surface area (Å²) in [5, 5.41) is 0. The zero-order valence-corrected chi connectivity index (χ0v) is 11.6. The molecule has 19 heavy (non-hydrogen) atoms. The van der Waals surface area contributed by atoms with Gasteiger partial charge in [-0.2, -0.15) is 0 Å². The summed E-state index contributed by atoms with van der Waals surface area (Å²) in [7, 11) is 0. The lowest BCUT2D eigenvalue weighted by molar-refractivity contribution is -0.120. The van der Waals surface area contributed by atoms with Crippen molar-refractivity contribution in [1.82, 2.24) is 4.98 Å². The summed E-state index contributed by atoms with van der Waals surface area (Å²) in [5.74, 6) is 0.538. The molecule has 2 N–H and O–H groups in total. The summed E-state index contributed by atoms with van der Waals surface area (Å²) in [5.41, 5.74) is 7.77. The lowest BCUT2D eigenvalue weighted by Crippen LogP contribution is -2.44. The van der Waals surface area contributed by atoms with Crippen LogP contribution in [0.1, 0.15) is 56.6 Å². The van der Waals surface area contributed by atoms with E-state index in [9.17, 15) is 0 Å². The van der Waals surface area contributed by atoms with Gasteiger partial charge in [-0.15, -0.1) is 0 Å². The summed E-state index contributed by atoms with van der Waals surface area (Å²) in [6.07, 6.45) is 12.4. The van der Waals surface area contributed by atoms with Gasteiger partial charge in [-0.25, -0.2) is 0 Å². The molecule has 1 aliphatic heterocycles. The Morgan fingerprint density at radius 3 is 2.89 bits per heavy atom. The molecule has 104 valence electrons. The van der Waals surface area contributed by atoms with E-state index in [0.29, 0.717) is 5.92 Å². The maximum atomic E-state index is 6.46. The van der Waals surface area contributed by atoms with E-state index in [0.717, 1.165) is 19.4 Å². The predicted octanol–water partition coefficient (Wildman–Crippen LogP) is 3.21. The number of pyridine rings is 1. The van der Waals surface area contributed by atoms with Crippen molar-refractivity contribution in [3.05, 3.63) is 30.1 Å². The first-order valence-corrected chi connectivity index (χ1v) is 7.59. The highest BCUT2D eigenvalue weighted by molar-refractivity contribution is 5.15. The Morgan fingerprint density at radius 2 is 2.16 bits per heavy atom. The number of rotatable bonds is 2. The minimum Gasteiger partial charge on any atom is -0.375 e. The molecule has 3 nitrogen and oxygen atoms in total. The Morgan fingerprint density at radius 1 is 1.32 bits per heavy atom. The maximum absolute atomic E-state index is 6.46. The largest absolute Gasteiger partial charge is 0.375 e. The highest BCUT2D eigenvalue weighted by atomic mass is 16.5. The fourth-order valence-corrected chi connectivity index (χ4v) is 3.76. The van der Waals surface area contributed by atoms with Crippen LogP contribution in [0.15, 0.2) is 24.5 Å². The number of nitrogens with zero attached hydrogens (tertiary/aromatic N) is 1. The van der Waals surface area contributed by atoms with E-state index >= 15 is 0 Å². The molecular weight excluding hydrogens is 236 g/mol. The van der Waals surface area contributed by atoms with Gasteiger partial charge in [0.2, 0.25) is 0 Å². The van der Waals surface area contributed by atoms with E-state index < -0.39 is 0 Å². The first-order chi connectivity index (χ1) is 9.29. The molecule has 0 radical (unpaired) electrons. The van der Waals surface area contributed by atoms with Gasteiger partial charge in [0.25, 0.3) is 0 Å². The van der Waals surface area contributed by atoms with E-state index in [1.807, 2.05) is 18.5 Å². The highest BCUT2D eigenvalue weighted by Crippen LogP contribution is 2.43. The van der Waals surface area contributed by atoms with E-state index in [1.165, 1.54) is 37.7 Å². The second kappa shape index (κ2) is 5.59. The van der Waals surface area contributed by atoms with Crippen molar-refractivity contribution in [3.63, 3.8) is 0 Å². The highest BCUT2D eigenvalue weighted by Gasteiger charge is 2.40. The molecule has 0 bridgehead atoms. The Balaban J connectivity index is 1.71. The van der Waals surface area contributed by atoms with Gasteiger partial charge in [-0.1, -0.05) is 25.3 Å². The normalized spacial score (nSPS) is 28.2. The van der Waals surface area contributed by atoms with Crippen LogP contribution in [0.2, 0.25) is 0 Å². The number of aromatic nitrogens is 1. The zero-order chi connectivity index (χ0) is 13.1. The van der Waals surface area contributed by atoms with Crippen LogP contribution in [-0.4, -0.2) is 17.2 Å². The van der Waals surface area contributed by atoms with Crippen LogP contribution in [0.4, 0.5) is 0 Å². The van der Waals surface area contributed by atoms with Crippen molar-refractivity contribution in [3.8, 4) is 0 Å². The van der Waals surface area contributed by atoms with Crippen molar-refractivity contribution in [1.29, 1.82) is 0 Å². The molecule has 3 rings (SSSR count). The molecule has 2 aliphatic rings. The first-order valence-electron chi connectivity index (χ1n) is 7.59. The Kier molecular flexibility index (Phi) is 3.85. The molecule has 2 unspecified atom stereocenters. The van der Waals surface area contributed by atoms with Gasteiger partial charge >= 0.3 is 0 Å². The summed E-state index contributed by atoms with van der Waals surface area (Å²) >= 11 is 0. The summed E-state index contributed by atoms with van der Waals surface area (Å²) in [6.45, 7) is 0.874. The van der Waals surface area contributed by atoms with Gasteiger partial charge in [0.1, 0.15) is 0 Å². The molecule has 1 saturated heterocycles. The molecule has 1 aliphatic carbocycles. The van der Waals surface area contributed by atoms with Crippen molar-refractivity contribution in [2.45, 2.75) is 56.6 Å². The van der Waals surface area contributed by atoms with Crippen LogP contribution in [0.5, 0.6) is 0 Å². The molecule has 1 spiro atoms. The van der Waals surface area contributed by atoms with Crippen molar-refractivity contribution in [2.75, 3.05) is 6.61 Å². The summed E-state index contributed by atoms with van der Waals surface area (Å²) < 4.78 is 6.15. The van der Waals surface area contributed by atoms with Gasteiger partial charge in [0.15, 0.2) is 0 Å². The fraction of sp³-hybridized carbons (Fsp3) is 0.688. The second-order valence-corrected chi connectivity index (χ2v) is 6.16. The lowest BCUT2D eigenvalue weighted by atomic mass is 9.73. The third-order valence-corrected chi connectivity index (χ3v) is 4.87. The predicted molar refractivity (Wildman–Crippen MR) is 75.7 cm³/mol. The van der Waals surface area contributed by atoms with Crippen LogP contribution >= 0.6 is 0 Å². The van der Waals surface area contributed by atoms with E-state index in [1.54, 1.807) is 0 Å². The van der Waals surface area contributed by atoms with Gasteiger partial charge in [-0.3, -0.25) is 4.98 Å². The fourth-order valence-electron chi connectivity index (χ4n) is 3.76. The van der Waals surface area contributed by atoms with Crippen LogP contribution in [0.3, 0.4) is 0 Å². The average molecular weight is 260 g/mol. The average Bonchev–Trinajstić information content (AvgIpc) is 2.48. The standard InChI is InChI=1S/C16H24N2O/c17-15(14-5-4-9-18-12-14)13-6-10-19-16(11-13)7-2-1-3-8-16/h4-5,9,12-13,15H,1-3,6-8,10-11,17H2. The second-order valence-electron chi connectivity index (χ2n) is 6.16. The summed E-state index contributed by atoms with van der Waals surface area (Å²) in [4.78, 5) is 4.19. The van der Waals surface area contributed by atoms with Gasteiger partial charge < -0.3 is 10.5 Å². The topological polar surface area (TPSA) is 48.1 Å². The van der Waals surface area contributed by atoms with Crippen LogP contribution in [0, 0.1) is 5.92 Å². The molecule has 1 saturated carbocycles.